The van der Waals surface area contributed by atoms with Crippen LogP contribution < -0.4 is 21.5 Å². The molecule has 10 heteroatoms. The summed E-state index contributed by atoms with van der Waals surface area (Å²) in [5, 5.41) is 1.45. The molecule has 1 aromatic heterocycles. The van der Waals surface area contributed by atoms with Crippen molar-refractivity contribution in [2.45, 2.75) is 39.2 Å². The fourth-order valence-electron chi connectivity index (χ4n) is 5.29. The molecular formula is C22H34FN7O2. The van der Waals surface area contributed by atoms with E-state index in [-0.39, 0.29) is 11.5 Å². The molecule has 3 aliphatic rings. The van der Waals surface area contributed by atoms with E-state index in [9.17, 15) is 9.18 Å². The zero-order valence-electron chi connectivity index (χ0n) is 19.0. The van der Waals surface area contributed by atoms with Gasteiger partial charge in [-0.15, -0.1) is 0 Å². The van der Waals surface area contributed by atoms with Crippen LogP contribution in [0.2, 0.25) is 0 Å². The predicted molar refractivity (Wildman–Crippen MR) is 121 cm³/mol. The van der Waals surface area contributed by atoms with Crippen LogP contribution in [0.3, 0.4) is 0 Å². The molecule has 0 unspecified atom stereocenters. The minimum Gasteiger partial charge on any atom is -0.450 e. The Balaban J connectivity index is 1.35. The molecule has 32 heavy (non-hydrogen) atoms. The average Bonchev–Trinajstić information content (AvgIpc) is 3.23. The molecule has 1 spiro atoms. The Bertz CT molecular complexity index is 866. The average molecular weight is 448 g/mol. The molecule has 4 rings (SSSR count). The first kappa shape index (κ1) is 22.6. The molecule has 3 heterocycles. The minimum atomic E-state index is -0.525. The van der Waals surface area contributed by atoms with Crippen LogP contribution in [-0.4, -0.2) is 72.8 Å². The molecule has 1 atom stereocenters. The summed E-state index contributed by atoms with van der Waals surface area (Å²) in [5.74, 6) is 6.20. The number of hydrogen-bond donors (Lipinski definition) is 2. The van der Waals surface area contributed by atoms with E-state index in [4.69, 9.17) is 16.3 Å². The number of piperazine rings is 1. The Morgan fingerprint density at radius 1 is 1.34 bits per heavy atom. The van der Waals surface area contributed by atoms with Crippen molar-refractivity contribution in [2.75, 3.05) is 55.8 Å². The third-order valence-electron chi connectivity index (χ3n) is 7.09. The maximum Gasteiger partial charge on any atom is 0.409 e. The van der Waals surface area contributed by atoms with Crippen molar-refractivity contribution in [3.05, 3.63) is 30.0 Å². The number of anilines is 2. The Hall–Kier alpha value is -2.59. The van der Waals surface area contributed by atoms with Crippen LogP contribution in [0.1, 0.15) is 33.1 Å². The smallest absolute Gasteiger partial charge is 0.409 e. The summed E-state index contributed by atoms with van der Waals surface area (Å²) in [4.78, 5) is 22.5. The highest BCUT2D eigenvalue weighted by Crippen LogP contribution is 2.47. The summed E-state index contributed by atoms with van der Waals surface area (Å²) >= 11 is 0. The number of likely N-dealkylation sites (tertiary alicyclic amines) is 1. The van der Waals surface area contributed by atoms with Gasteiger partial charge in [0, 0.05) is 62.6 Å². The number of hydrogen-bond acceptors (Lipinski definition) is 8. The SMILES string of the molecule is CCOC(=O)N1CC2(CC[C@@H](N3CCN(c4nc(F)ccc4N(N)/C(C)=C\N)CC3)C2)C1. The maximum absolute atomic E-state index is 14.0. The first-order valence-corrected chi connectivity index (χ1v) is 11.4. The van der Waals surface area contributed by atoms with Crippen molar-refractivity contribution >= 4 is 17.6 Å². The van der Waals surface area contributed by atoms with Crippen LogP contribution in [0.5, 0.6) is 0 Å². The molecule has 4 N–H and O–H groups in total. The molecule has 1 aromatic rings. The molecule has 9 nitrogen and oxygen atoms in total. The number of carbonyl (C=O) groups excluding carboxylic acids is 1. The number of amides is 1. The van der Waals surface area contributed by atoms with E-state index in [0.29, 0.717) is 29.9 Å². The number of allylic oxidation sites excluding steroid dienone is 1. The lowest BCUT2D eigenvalue weighted by Gasteiger charge is -2.48. The summed E-state index contributed by atoms with van der Waals surface area (Å²) in [6.45, 7) is 8.93. The number of ether oxygens (including phenoxy) is 1. The summed E-state index contributed by atoms with van der Waals surface area (Å²) in [5.41, 5.74) is 7.15. The van der Waals surface area contributed by atoms with Gasteiger partial charge in [-0.25, -0.2) is 15.6 Å². The van der Waals surface area contributed by atoms with Crippen molar-refractivity contribution in [3.8, 4) is 0 Å². The van der Waals surface area contributed by atoms with E-state index in [1.165, 1.54) is 17.3 Å². The third-order valence-corrected chi connectivity index (χ3v) is 7.09. The Labute approximate surface area is 188 Å². The molecule has 0 bridgehead atoms. The van der Waals surface area contributed by atoms with E-state index in [1.807, 2.05) is 11.8 Å². The number of rotatable bonds is 5. The van der Waals surface area contributed by atoms with Crippen molar-refractivity contribution < 1.29 is 13.9 Å². The van der Waals surface area contributed by atoms with Gasteiger partial charge in [-0.2, -0.15) is 4.39 Å². The second kappa shape index (κ2) is 9.11. The highest BCUT2D eigenvalue weighted by atomic mass is 19.1. The Kier molecular flexibility index (Phi) is 6.43. The highest BCUT2D eigenvalue weighted by molar-refractivity contribution is 5.69. The van der Waals surface area contributed by atoms with Gasteiger partial charge in [-0.3, -0.25) is 9.91 Å². The minimum absolute atomic E-state index is 0.192. The number of aromatic nitrogens is 1. The lowest BCUT2D eigenvalue weighted by molar-refractivity contribution is -0.00294. The van der Waals surface area contributed by atoms with Crippen molar-refractivity contribution in [3.63, 3.8) is 0 Å². The van der Waals surface area contributed by atoms with Crippen LogP contribution >= 0.6 is 0 Å². The molecule has 176 valence electrons. The summed E-state index contributed by atoms with van der Waals surface area (Å²) < 4.78 is 19.1. The van der Waals surface area contributed by atoms with Crippen LogP contribution in [-0.2, 0) is 4.74 Å². The zero-order valence-corrected chi connectivity index (χ0v) is 19.0. The molecule has 0 radical (unpaired) electrons. The number of hydrazine groups is 1. The second-order valence-corrected chi connectivity index (χ2v) is 9.13. The second-order valence-electron chi connectivity index (χ2n) is 9.13. The van der Waals surface area contributed by atoms with Gasteiger partial charge in [0.2, 0.25) is 5.95 Å². The molecule has 2 aliphatic heterocycles. The van der Waals surface area contributed by atoms with Gasteiger partial charge in [-0.1, -0.05) is 0 Å². The maximum atomic E-state index is 14.0. The Morgan fingerprint density at radius 3 is 2.72 bits per heavy atom. The topological polar surface area (TPSA) is 104 Å². The van der Waals surface area contributed by atoms with Gasteiger partial charge < -0.3 is 20.3 Å². The van der Waals surface area contributed by atoms with Crippen LogP contribution in [0.25, 0.3) is 0 Å². The Morgan fingerprint density at radius 2 is 2.06 bits per heavy atom. The molecule has 1 amide bonds. The lowest BCUT2D eigenvalue weighted by Crippen LogP contribution is -2.58. The van der Waals surface area contributed by atoms with E-state index < -0.39 is 5.95 Å². The van der Waals surface area contributed by atoms with Crippen molar-refractivity contribution in [1.82, 2.24) is 14.8 Å². The summed E-state index contributed by atoms with van der Waals surface area (Å²) in [6.07, 6.45) is 4.64. The molecule has 2 saturated heterocycles. The van der Waals surface area contributed by atoms with E-state index in [2.05, 4.69) is 14.8 Å². The lowest BCUT2D eigenvalue weighted by atomic mass is 9.78. The van der Waals surface area contributed by atoms with E-state index in [1.54, 1.807) is 13.0 Å². The van der Waals surface area contributed by atoms with Gasteiger partial charge >= 0.3 is 6.09 Å². The largest absolute Gasteiger partial charge is 0.450 e. The highest BCUT2D eigenvalue weighted by Gasteiger charge is 2.51. The summed E-state index contributed by atoms with van der Waals surface area (Å²) in [6, 6.07) is 3.48. The number of nitrogens with two attached hydrogens (primary N) is 2. The van der Waals surface area contributed by atoms with Crippen LogP contribution in [0.15, 0.2) is 24.0 Å². The third kappa shape index (κ3) is 4.33. The van der Waals surface area contributed by atoms with E-state index in [0.717, 1.165) is 58.5 Å². The van der Waals surface area contributed by atoms with E-state index >= 15 is 0 Å². The van der Waals surface area contributed by atoms with Crippen molar-refractivity contribution in [2.24, 2.45) is 17.0 Å². The van der Waals surface area contributed by atoms with Gasteiger partial charge in [0.25, 0.3) is 0 Å². The van der Waals surface area contributed by atoms with Gasteiger partial charge in [0.1, 0.15) is 0 Å². The molecule has 1 aliphatic carbocycles. The van der Waals surface area contributed by atoms with Gasteiger partial charge in [0.15, 0.2) is 5.82 Å². The number of carbonyl (C=O) groups is 1. The fraction of sp³-hybridized carbons (Fsp3) is 0.636. The first-order chi connectivity index (χ1) is 15.4. The van der Waals surface area contributed by atoms with Gasteiger partial charge in [-0.05, 0) is 45.2 Å². The fourth-order valence-corrected chi connectivity index (χ4v) is 5.29. The molecule has 0 aromatic carbocycles. The predicted octanol–water partition coefficient (Wildman–Crippen LogP) is 1.85. The molecule has 1 saturated carbocycles. The number of halogens is 1. The van der Waals surface area contributed by atoms with Crippen LogP contribution in [0.4, 0.5) is 20.7 Å². The first-order valence-electron chi connectivity index (χ1n) is 11.4. The number of nitrogens with zero attached hydrogens (tertiary/aromatic N) is 5. The summed E-state index contributed by atoms with van der Waals surface area (Å²) in [7, 11) is 0. The standard InChI is InChI=1S/C22H34FN7O2/c1-3-32-21(31)29-14-22(15-29)7-6-17(12-22)27-8-10-28(11-9-27)20-18(4-5-19(23)26-20)30(25)16(2)13-24/h4-5,13,17H,3,6-12,14-15,24-25H2,1-2H3/b16-13-/t17-/m1/s1. The van der Waals surface area contributed by atoms with Gasteiger partial charge in [0.05, 0.1) is 12.3 Å². The molecular weight excluding hydrogens is 413 g/mol. The van der Waals surface area contributed by atoms with Crippen molar-refractivity contribution in [1.29, 1.82) is 0 Å². The zero-order chi connectivity index (χ0) is 22.9. The quantitative estimate of drug-likeness (QED) is 0.400. The molecule has 3 fully saturated rings. The van der Waals surface area contributed by atoms with Crippen LogP contribution in [0, 0.1) is 11.4 Å². The monoisotopic (exact) mass is 447 g/mol. The number of pyridine rings is 1. The normalized spacial score (nSPS) is 23.4.